The normalized spacial score (nSPS) is 14.4. The van der Waals surface area contributed by atoms with Gasteiger partial charge < -0.3 is 5.11 Å². The maximum absolute atomic E-state index is 12.2. The molecule has 102 valence electrons. The van der Waals surface area contributed by atoms with E-state index in [9.17, 15) is 13.2 Å². The summed E-state index contributed by atoms with van der Waals surface area (Å²) in [6, 6.07) is 7.40. The summed E-state index contributed by atoms with van der Waals surface area (Å²) < 4.78 is 26.5. The van der Waals surface area contributed by atoms with Gasteiger partial charge in [-0.1, -0.05) is 19.1 Å². The Morgan fingerprint density at radius 2 is 2.05 bits per heavy atom. The molecule has 0 aliphatic heterocycles. The maximum Gasteiger partial charge on any atom is 0.324 e. The number of hydrogen-bond donors (Lipinski definition) is 2. The Morgan fingerprint density at radius 3 is 2.53 bits per heavy atom. The van der Waals surface area contributed by atoms with Crippen LogP contribution in [0, 0.1) is 11.3 Å². The quantitative estimate of drug-likeness (QED) is 0.840. The summed E-state index contributed by atoms with van der Waals surface area (Å²) in [5.74, 6) is -1.27. The van der Waals surface area contributed by atoms with E-state index in [0.29, 0.717) is 0 Å². The van der Waals surface area contributed by atoms with Gasteiger partial charge in [-0.3, -0.25) is 4.79 Å². The molecule has 0 spiro atoms. The molecule has 0 amide bonds. The first kappa shape index (κ1) is 15.1. The lowest BCUT2D eigenvalue weighted by molar-refractivity contribution is -0.143. The molecule has 1 atom stereocenters. The van der Waals surface area contributed by atoms with Crippen LogP contribution in [0.5, 0.6) is 0 Å². The summed E-state index contributed by atoms with van der Waals surface area (Å²) in [5, 5.41) is 18.0. The van der Waals surface area contributed by atoms with Gasteiger partial charge >= 0.3 is 5.97 Å². The number of carbonyl (C=O) groups is 1. The first-order valence-corrected chi connectivity index (χ1v) is 7.01. The van der Waals surface area contributed by atoms with Gasteiger partial charge in [0.2, 0.25) is 10.0 Å². The summed E-state index contributed by atoms with van der Waals surface area (Å²) in [4.78, 5) is 10.9. The minimum atomic E-state index is -4.07. The minimum absolute atomic E-state index is 0.0289. The molecular weight excluding hydrogens is 268 g/mol. The fourth-order valence-electron chi connectivity index (χ4n) is 1.41. The van der Waals surface area contributed by atoms with Crippen molar-refractivity contribution in [1.29, 1.82) is 5.26 Å². The molecule has 0 radical (unpaired) electrons. The molecule has 2 N–H and O–H groups in total. The predicted molar refractivity (Wildman–Crippen MR) is 67.8 cm³/mol. The third-order valence-electron chi connectivity index (χ3n) is 2.84. The van der Waals surface area contributed by atoms with Crippen LogP contribution in [0.4, 0.5) is 0 Å². The van der Waals surface area contributed by atoms with Crippen molar-refractivity contribution in [3.63, 3.8) is 0 Å². The highest BCUT2D eigenvalue weighted by Crippen LogP contribution is 2.19. The Kier molecular flexibility index (Phi) is 4.29. The fraction of sp³-hybridized carbons (Fsp3) is 0.333. The van der Waals surface area contributed by atoms with Gasteiger partial charge in [-0.25, -0.2) is 8.42 Å². The topological polar surface area (TPSA) is 107 Å². The molecule has 7 heteroatoms. The number of nitrogens with one attached hydrogen (secondary N) is 1. The summed E-state index contributed by atoms with van der Waals surface area (Å²) >= 11 is 0. The van der Waals surface area contributed by atoms with E-state index in [0.717, 1.165) is 0 Å². The molecule has 0 fully saturated rings. The van der Waals surface area contributed by atoms with Crippen molar-refractivity contribution in [3.05, 3.63) is 29.8 Å². The molecule has 0 saturated heterocycles. The number of benzene rings is 1. The van der Waals surface area contributed by atoms with Crippen LogP contribution in [0.2, 0.25) is 0 Å². The van der Waals surface area contributed by atoms with E-state index in [1.807, 2.05) is 0 Å². The molecule has 0 aliphatic rings. The van der Waals surface area contributed by atoms with Gasteiger partial charge in [0.25, 0.3) is 0 Å². The van der Waals surface area contributed by atoms with E-state index in [-0.39, 0.29) is 16.9 Å². The first-order valence-electron chi connectivity index (χ1n) is 5.53. The summed E-state index contributed by atoms with van der Waals surface area (Å²) in [6.45, 7) is 2.84. The van der Waals surface area contributed by atoms with E-state index in [2.05, 4.69) is 4.72 Å². The molecule has 1 rings (SSSR count). The van der Waals surface area contributed by atoms with E-state index < -0.39 is 21.5 Å². The number of carboxylic acids is 1. The Labute approximate surface area is 111 Å². The van der Waals surface area contributed by atoms with Gasteiger partial charge in [-0.05, 0) is 25.5 Å². The molecule has 0 saturated carbocycles. The predicted octanol–water partition coefficient (Wildman–Crippen LogP) is 1.09. The fourth-order valence-corrected chi connectivity index (χ4v) is 3.01. The smallest absolute Gasteiger partial charge is 0.324 e. The Balaban J connectivity index is 3.27. The van der Waals surface area contributed by atoms with E-state index in [4.69, 9.17) is 10.4 Å². The van der Waals surface area contributed by atoms with Crippen molar-refractivity contribution in [2.24, 2.45) is 0 Å². The Morgan fingerprint density at radius 1 is 1.47 bits per heavy atom. The molecule has 6 nitrogen and oxygen atoms in total. The minimum Gasteiger partial charge on any atom is -0.480 e. The third-order valence-corrected chi connectivity index (χ3v) is 4.49. The highest BCUT2D eigenvalue weighted by atomic mass is 32.2. The molecule has 1 aromatic rings. The van der Waals surface area contributed by atoms with Crippen LogP contribution in [0.1, 0.15) is 25.8 Å². The van der Waals surface area contributed by atoms with E-state index in [1.54, 1.807) is 13.0 Å². The SMILES string of the molecule is CCC(C)(NS(=O)(=O)c1ccccc1C#N)C(=O)O. The first-order chi connectivity index (χ1) is 8.77. The van der Waals surface area contributed by atoms with Gasteiger partial charge in [-0.15, -0.1) is 0 Å². The van der Waals surface area contributed by atoms with Crippen molar-refractivity contribution in [2.75, 3.05) is 0 Å². The summed E-state index contributed by atoms with van der Waals surface area (Å²) in [6.07, 6.45) is 0.0796. The molecule has 19 heavy (non-hydrogen) atoms. The zero-order valence-electron chi connectivity index (χ0n) is 10.5. The van der Waals surface area contributed by atoms with Crippen molar-refractivity contribution in [2.45, 2.75) is 30.7 Å². The number of aliphatic carboxylic acids is 1. The standard InChI is InChI=1S/C12H14N2O4S/c1-3-12(2,11(15)16)14-19(17,18)10-7-5-4-6-9(10)8-13/h4-7,14H,3H2,1-2H3,(H,15,16). The molecule has 0 heterocycles. The zero-order valence-corrected chi connectivity index (χ0v) is 11.4. The monoisotopic (exact) mass is 282 g/mol. The van der Waals surface area contributed by atoms with Crippen LogP contribution in [0.15, 0.2) is 29.2 Å². The van der Waals surface area contributed by atoms with Gasteiger partial charge in [-0.2, -0.15) is 9.98 Å². The van der Waals surface area contributed by atoms with Crippen LogP contribution < -0.4 is 4.72 Å². The molecule has 1 unspecified atom stereocenters. The highest BCUT2D eigenvalue weighted by Gasteiger charge is 2.36. The number of rotatable bonds is 5. The van der Waals surface area contributed by atoms with Crippen LogP contribution in [-0.4, -0.2) is 25.0 Å². The zero-order chi connectivity index (χ0) is 14.7. The lowest BCUT2D eigenvalue weighted by Crippen LogP contribution is -2.51. The van der Waals surface area contributed by atoms with Gasteiger partial charge in [0.05, 0.1) is 10.5 Å². The van der Waals surface area contributed by atoms with Gasteiger partial charge in [0.15, 0.2) is 0 Å². The van der Waals surface area contributed by atoms with Gasteiger partial charge in [0, 0.05) is 0 Å². The molecule has 1 aromatic carbocycles. The van der Waals surface area contributed by atoms with Crippen LogP contribution in [-0.2, 0) is 14.8 Å². The number of nitrogens with zero attached hydrogens (tertiary/aromatic N) is 1. The van der Waals surface area contributed by atoms with Crippen molar-refractivity contribution >= 4 is 16.0 Å². The second-order valence-corrected chi connectivity index (χ2v) is 5.86. The number of hydrogen-bond acceptors (Lipinski definition) is 4. The van der Waals surface area contributed by atoms with Gasteiger partial charge in [0.1, 0.15) is 11.6 Å². The number of sulfonamides is 1. The van der Waals surface area contributed by atoms with Crippen LogP contribution >= 0.6 is 0 Å². The van der Waals surface area contributed by atoms with Crippen LogP contribution in [0.3, 0.4) is 0 Å². The molecule has 0 aliphatic carbocycles. The number of nitriles is 1. The third kappa shape index (κ3) is 3.10. The largest absolute Gasteiger partial charge is 0.480 e. The molecular formula is C12H14N2O4S. The average molecular weight is 282 g/mol. The number of carboxylic acid groups (broad SMARTS) is 1. The second kappa shape index (κ2) is 5.38. The Bertz CT molecular complexity index is 633. The Hall–Kier alpha value is -1.91. The summed E-state index contributed by atoms with van der Waals surface area (Å²) in [7, 11) is -4.07. The second-order valence-electron chi connectivity index (χ2n) is 4.20. The van der Waals surface area contributed by atoms with E-state index in [1.165, 1.54) is 31.2 Å². The van der Waals surface area contributed by atoms with E-state index >= 15 is 0 Å². The maximum atomic E-state index is 12.2. The van der Waals surface area contributed by atoms with Crippen LogP contribution in [0.25, 0.3) is 0 Å². The molecule has 0 bridgehead atoms. The van der Waals surface area contributed by atoms with Crippen molar-refractivity contribution in [1.82, 2.24) is 4.72 Å². The lowest BCUT2D eigenvalue weighted by atomic mass is 10.0. The highest BCUT2D eigenvalue weighted by molar-refractivity contribution is 7.89. The lowest BCUT2D eigenvalue weighted by Gasteiger charge is -2.24. The average Bonchev–Trinajstić information content (AvgIpc) is 2.37. The van der Waals surface area contributed by atoms with Crippen molar-refractivity contribution in [3.8, 4) is 6.07 Å². The van der Waals surface area contributed by atoms with Crippen molar-refractivity contribution < 1.29 is 18.3 Å². The molecule has 0 aromatic heterocycles. The summed E-state index contributed by atoms with van der Waals surface area (Å²) in [5.41, 5.74) is -1.64.